The zero-order valence-corrected chi connectivity index (χ0v) is 11.7. The fourth-order valence-electron chi connectivity index (χ4n) is 1.87. The molecule has 0 amide bonds. The van der Waals surface area contributed by atoms with Crippen molar-refractivity contribution in [1.29, 1.82) is 0 Å². The van der Waals surface area contributed by atoms with E-state index in [0.717, 1.165) is 22.6 Å². The van der Waals surface area contributed by atoms with Crippen molar-refractivity contribution in [3.8, 4) is 0 Å². The minimum absolute atomic E-state index is 0.0175. The van der Waals surface area contributed by atoms with Gasteiger partial charge in [0.15, 0.2) is 0 Å². The van der Waals surface area contributed by atoms with Crippen molar-refractivity contribution in [2.75, 3.05) is 24.6 Å². The highest BCUT2D eigenvalue weighted by Crippen LogP contribution is 2.17. The van der Waals surface area contributed by atoms with Crippen LogP contribution >= 0.6 is 11.8 Å². The van der Waals surface area contributed by atoms with Gasteiger partial charge in [0, 0.05) is 24.6 Å². The summed E-state index contributed by atoms with van der Waals surface area (Å²) in [5, 5.41) is 8.94. The number of hydrogen-bond acceptors (Lipinski definition) is 4. The van der Waals surface area contributed by atoms with E-state index < -0.39 is 10.0 Å². The van der Waals surface area contributed by atoms with Gasteiger partial charge in [-0.25, -0.2) is 8.42 Å². The number of rotatable bonds is 4. The Morgan fingerprint density at radius 2 is 1.67 bits per heavy atom. The van der Waals surface area contributed by atoms with Crippen LogP contribution in [0, 0.1) is 0 Å². The average Bonchev–Trinajstić information content (AvgIpc) is 2.40. The molecule has 0 radical (unpaired) electrons. The van der Waals surface area contributed by atoms with Gasteiger partial charge in [-0.2, -0.15) is 16.1 Å². The Bertz CT molecular complexity index is 479. The molecule has 1 aromatic rings. The highest BCUT2D eigenvalue weighted by Gasteiger charge is 2.24. The molecule has 1 heterocycles. The minimum Gasteiger partial charge on any atom is -0.392 e. The predicted octanol–water partition coefficient (Wildman–Crippen LogP) is 1.06. The molecular formula is C12H17NO3S2. The molecule has 1 N–H and O–H groups in total. The van der Waals surface area contributed by atoms with Gasteiger partial charge in [-0.05, 0) is 11.1 Å². The quantitative estimate of drug-likeness (QED) is 0.899. The summed E-state index contributed by atoms with van der Waals surface area (Å²) in [6.45, 7) is 1.21. The molecular weight excluding hydrogens is 270 g/mol. The lowest BCUT2D eigenvalue weighted by Gasteiger charge is -2.25. The molecule has 0 bridgehead atoms. The fraction of sp³-hybridized carbons (Fsp3) is 0.500. The van der Waals surface area contributed by atoms with Crippen LogP contribution in [0.4, 0.5) is 0 Å². The van der Waals surface area contributed by atoms with E-state index in [-0.39, 0.29) is 12.4 Å². The molecule has 1 aliphatic rings. The summed E-state index contributed by atoms with van der Waals surface area (Å²) in [6, 6.07) is 7.05. The first-order valence-electron chi connectivity index (χ1n) is 5.86. The topological polar surface area (TPSA) is 57.6 Å². The van der Waals surface area contributed by atoms with Crippen LogP contribution in [0.3, 0.4) is 0 Å². The van der Waals surface area contributed by atoms with Crippen molar-refractivity contribution in [2.24, 2.45) is 0 Å². The molecule has 1 aromatic carbocycles. The lowest BCUT2D eigenvalue weighted by atomic mass is 10.2. The first kappa shape index (κ1) is 13.9. The Morgan fingerprint density at radius 3 is 2.22 bits per heavy atom. The van der Waals surface area contributed by atoms with Crippen LogP contribution in [0.5, 0.6) is 0 Å². The summed E-state index contributed by atoms with van der Waals surface area (Å²) in [5.41, 5.74) is 1.57. The van der Waals surface area contributed by atoms with E-state index in [1.165, 1.54) is 0 Å². The normalized spacial score (nSPS) is 17.8. The van der Waals surface area contributed by atoms with Crippen LogP contribution in [0.15, 0.2) is 24.3 Å². The van der Waals surface area contributed by atoms with Gasteiger partial charge in [-0.15, -0.1) is 0 Å². The zero-order valence-electron chi connectivity index (χ0n) is 10.1. The minimum atomic E-state index is -3.20. The SMILES string of the molecule is O=S(=O)(Cc1ccc(CO)cc1)N1CCSCC1. The molecule has 4 nitrogen and oxygen atoms in total. The molecule has 0 spiro atoms. The molecule has 0 atom stereocenters. The van der Waals surface area contributed by atoms with Crippen LogP contribution in [-0.2, 0) is 22.4 Å². The van der Waals surface area contributed by atoms with E-state index in [1.54, 1.807) is 40.3 Å². The monoisotopic (exact) mass is 287 g/mol. The number of sulfonamides is 1. The fourth-order valence-corrected chi connectivity index (χ4v) is 4.54. The lowest BCUT2D eigenvalue weighted by Crippen LogP contribution is -2.38. The van der Waals surface area contributed by atoms with E-state index in [2.05, 4.69) is 0 Å². The maximum atomic E-state index is 12.2. The molecule has 0 aromatic heterocycles. The van der Waals surface area contributed by atoms with Crippen molar-refractivity contribution in [3.05, 3.63) is 35.4 Å². The Kier molecular flexibility index (Phi) is 4.66. The number of nitrogens with zero attached hydrogens (tertiary/aromatic N) is 1. The van der Waals surface area contributed by atoms with Crippen LogP contribution in [-0.4, -0.2) is 42.4 Å². The van der Waals surface area contributed by atoms with Crippen molar-refractivity contribution < 1.29 is 13.5 Å². The Labute approximate surface area is 112 Å². The van der Waals surface area contributed by atoms with Crippen molar-refractivity contribution in [3.63, 3.8) is 0 Å². The first-order chi connectivity index (χ1) is 8.62. The number of hydrogen-bond donors (Lipinski definition) is 1. The second-order valence-corrected chi connectivity index (χ2v) is 7.44. The summed E-state index contributed by atoms with van der Waals surface area (Å²) in [4.78, 5) is 0. The van der Waals surface area contributed by atoms with Gasteiger partial charge in [0.2, 0.25) is 10.0 Å². The second-order valence-electron chi connectivity index (χ2n) is 4.24. The highest BCUT2D eigenvalue weighted by molar-refractivity contribution is 7.99. The zero-order chi connectivity index (χ0) is 13.0. The molecule has 1 saturated heterocycles. The van der Waals surface area contributed by atoms with E-state index >= 15 is 0 Å². The van der Waals surface area contributed by atoms with E-state index in [1.807, 2.05) is 0 Å². The number of thioether (sulfide) groups is 1. The first-order valence-corrected chi connectivity index (χ1v) is 8.62. The Balaban J connectivity index is 2.06. The van der Waals surface area contributed by atoms with E-state index in [0.29, 0.717) is 13.1 Å². The standard InChI is InChI=1S/C12H17NO3S2/c14-9-11-1-3-12(4-2-11)10-18(15,16)13-5-7-17-8-6-13/h1-4,14H,5-10H2. The van der Waals surface area contributed by atoms with Gasteiger partial charge < -0.3 is 5.11 Å². The molecule has 18 heavy (non-hydrogen) atoms. The highest BCUT2D eigenvalue weighted by atomic mass is 32.2. The maximum Gasteiger partial charge on any atom is 0.218 e. The Hall–Kier alpha value is -0.560. The maximum absolute atomic E-state index is 12.2. The third-order valence-electron chi connectivity index (χ3n) is 2.92. The average molecular weight is 287 g/mol. The van der Waals surface area contributed by atoms with Gasteiger partial charge in [0.05, 0.1) is 12.4 Å². The van der Waals surface area contributed by atoms with Gasteiger partial charge in [0.25, 0.3) is 0 Å². The third-order valence-corrected chi connectivity index (χ3v) is 5.71. The van der Waals surface area contributed by atoms with Crippen molar-refractivity contribution >= 4 is 21.8 Å². The predicted molar refractivity (Wildman–Crippen MR) is 73.9 cm³/mol. The molecule has 100 valence electrons. The van der Waals surface area contributed by atoms with E-state index in [9.17, 15) is 8.42 Å². The molecule has 2 rings (SSSR count). The van der Waals surface area contributed by atoms with Crippen LogP contribution < -0.4 is 0 Å². The summed E-state index contributed by atoms with van der Waals surface area (Å²) in [6.07, 6.45) is 0. The van der Waals surface area contributed by atoms with Crippen LogP contribution in [0.2, 0.25) is 0 Å². The molecule has 1 fully saturated rings. The lowest BCUT2D eigenvalue weighted by molar-refractivity contribution is 0.282. The second kappa shape index (κ2) is 6.06. The van der Waals surface area contributed by atoms with E-state index in [4.69, 9.17) is 5.11 Å². The number of benzene rings is 1. The largest absolute Gasteiger partial charge is 0.392 e. The van der Waals surface area contributed by atoms with Gasteiger partial charge in [-0.3, -0.25) is 0 Å². The number of aliphatic hydroxyl groups excluding tert-OH is 1. The van der Waals surface area contributed by atoms with Gasteiger partial charge in [0.1, 0.15) is 0 Å². The summed E-state index contributed by atoms with van der Waals surface area (Å²) < 4.78 is 25.9. The molecule has 0 unspecified atom stereocenters. The van der Waals surface area contributed by atoms with Crippen molar-refractivity contribution in [2.45, 2.75) is 12.4 Å². The van der Waals surface area contributed by atoms with Crippen LogP contribution in [0.25, 0.3) is 0 Å². The third kappa shape index (κ3) is 3.47. The molecule has 0 aliphatic carbocycles. The van der Waals surface area contributed by atoms with Gasteiger partial charge in [-0.1, -0.05) is 24.3 Å². The summed E-state index contributed by atoms with van der Waals surface area (Å²) >= 11 is 1.79. The summed E-state index contributed by atoms with van der Waals surface area (Å²) in [7, 11) is -3.20. The molecule has 1 aliphatic heterocycles. The Morgan fingerprint density at radius 1 is 1.11 bits per heavy atom. The van der Waals surface area contributed by atoms with Crippen molar-refractivity contribution in [1.82, 2.24) is 4.31 Å². The summed E-state index contributed by atoms with van der Waals surface area (Å²) in [5.74, 6) is 1.80. The van der Waals surface area contributed by atoms with Crippen LogP contribution in [0.1, 0.15) is 11.1 Å². The smallest absolute Gasteiger partial charge is 0.218 e. The molecule has 6 heteroatoms. The number of aliphatic hydroxyl groups is 1. The molecule has 0 saturated carbocycles. The van der Waals surface area contributed by atoms with Gasteiger partial charge >= 0.3 is 0 Å².